The maximum atomic E-state index is 13.7. The van der Waals surface area contributed by atoms with Crippen molar-refractivity contribution in [2.24, 2.45) is 7.05 Å². The molecule has 0 unspecified atom stereocenters. The van der Waals surface area contributed by atoms with Gasteiger partial charge >= 0.3 is 0 Å². The highest BCUT2D eigenvalue weighted by Gasteiger charge is 2.17. The minimum Gasteiger partial charge on any atom is -0.304 e. The van der Waals surface area contributed by atoms with E-state index in [2.05, 4.69) is 10.4 Å². The Morgan fingerprint density at radius 3 is 3.00 bits per heavy atom. The van der Waals surface area contributed by atoms with E-state index >= 15 is 0 Å². The van der Waals surface area contributed by atoms with E-state index < -0.39 is 11.7 Å². The predicted octanol–water partition coefficient (Wildman–Crippen LogP) is 2.34. The Kier molecular flexibility index (Phi) is 3.49. The summed E-state index contributed by atoms with van der Waals surface area (Å²) in [5, 5.41) is 15.0. The number of nitriles is 1. The van der Waals surface area contributed by atoms with Crippen LogP contribution in [-0.4, -0.2) is 15.7 Å². The van der Waals surface area contributed by atoms with Crippen LogP contribution in [0.25, 0.3) is 0 Å². The quantitative estimate of drug-likeness (QED) is 0.916. The third-order valence-electron chi connectivity index (χ3n) is 2.38. The van der Waals surface area contributed by atoms with Crippen LogP contribution in [0.15, 0.2) is 24.4 Å². The van der Waals surface area contributed by atoms with Crippen LogP contribution in [0.3, 0.4) is 0 Å². The normalized spacial score (nSPS) is 10.0. The highest BCUT2D eigenvalue weighted by atomic mass is 35.5. The molecule has 0 aliphatic heterocycles. The van der Waals surface area contributed by atoms with Gasteiger partial charge in [-0.25, -0.2) is 4.39 Å². The molecule has 0 radical (unpaired) electrons. The van der Waals surface area contributed by atoms with Crippen LogP contribution in [-0.2, 0) is 7.05 Å². The molecule has 2 rings (SSSR count). The zero-order chi connectivity index (χ0) is 14.0. The Hall–Kier alpha value is -2.39. The van der Waals surface area contributed by atoms with Gasteiger partial charge in [0.05, 0.1) is 10.6 Å². The average molecular weight is 279 g/mol. The van der Waals surface area contributed by atoms with Crippen molar-refractivity contribution in [3.8, 4) is 6.07 Å². The Balaban J connectivity index is 2.31. The number of aryl methyl sites for hydroxylation is 1. The third-order valence-corrected chi connectivity index (χ3v) is 2.67. The molecule has 96 valence electrons. The first kappa shape index (κ1) is 13.1. The van der Waals surface area contributed by atoms with Gasteiger partial charge in [-0.15, -0.1) is 0 Å². The highest BCUT2D eigenvalue weighted by Crippen LogP contribution is 2.19. The van der Waals surface area contributed by atoms with Crippen molar-refractivity contribution in [1.82, 2.24) is 9.78 Å². The summed E-state index contributed by atoms with van der Waals surface area (Å²) < 4.78 is 15.0. The molecule has 2 aromatic rings. The average Bonchev–Trinajstić information content (AvgIpc) is 2.72. The number of nitrogens with one attached hydrogen (secondary N) is 1. The fourth-order valence-electron chi connectivity index (χ4n) is 1.52. The van der Waals surface area contributed by atoms with Crippen LogP contribution < -0.4 is 5.32 Å². The lowest BCUT2D eigenvalue weighted by Gasteiger charge is -2.04. The summed E-state index contributed by atoms with van der Waals surface area (Å²) in [5.74, 6) is -1.44. The molecule has 0 bridgehead atoms. The predicted molar refractivity (Wildman–Crippen MR) is 67.3 cm³/mol. The van der Waals surface area contributed by atoms with Crippen molar-refractivity contribution < 1.29 is 9.18 Å². The molecule has 1 aromatic heterocycles. The van der Waals surface area contributed by atoms with Crippen LogP contribution in [0.4, 0.5) is 10.2 Å². The Morgan fingerprint density at radius 1 is 1.58 bits per heavy atom. The van der Waals surface area contributed by atoms with E-state index in [1.54, 1.807) is 7.05 Å². The zero-order valence-corrected chi connectivity index (χ0v) is 10.6. The molecule has 7 heteroatoms. The molecule has 0 fully saturated rings. The summed E-state index contributed by atoms with van der Waals surface area (Å²) in [5.41, 5.74) is -0.0136. The van der Waals surface area contributed by atoms with Crippen molar-refractivity contribution in [2.75, 3.05) is 5.32 Å². The van der Waals surface area contributed by atoms with Gasteiger partial charge in [0.1, 0.15) is 11.6 Å². The number of rotatable bonds is 2. The molecule has 1 aromatic carbocycles. The van der Waals surface area contributed by atoms with Crippen molar-refractivity contribution in [3.63, 3.8) is 0 Å². The zero-order valence-electron chi connectivity index (χ0n) is 9.82. The standard InChI is InChI=1S/C12H8ClFN4O/c1-18-6-7(5-15)11(17-18)16-12(19)8-3-2-4-9(13)10(8)14/h2-4,6H,1H3,(H,16,17,19). The van der Waals surface area contributed by atoms with E-state index in [0.717, 1.165) is 0 Å². The molecule has 1 heterocycles. The number of halogens is 2. The van der Waals surface area contributed by atoms with E-state index in [1.807, 2.05) is 6.07 Å². The van der Waals surface area contributed by atoms with Crippen LogP contribution >= 0.6 is 11.6 Å². The minimum atomic E-state index is -0.809. The number of carbonyl (C=O) groups is 1. The Morgan fingerprint density at radius 2 is 2.32 bits per heavy atom. The number of amides is 1. The van der Waals surface area contributed by atoms with Gasteiger partial charge in [0, 0.05) is 13.2 Å². The molecule has 1 amide bonds. The maximum absolute atomic E-state index is 13.7. The number of carbonyl (C=O) groups excluding carboxylic acids is 1. The molecule has 19 heavy (non-hydrogen) atoms. The molecule has 1 N–H and O–H groups in total. The molecular weight excluding hydrogens is 271 g/mol. The van der Waals surface area contributed by atoms with E-state index in [4.69, 9.17) is 16.9 Å². The van der Waals surface area contributed by atoms with E-state index in [0.29, 0.717) is 0 Å². The second kappa shape index (κ2) is 5.08. The Bertz CT molecular complexity index is 690. The largest absolute Gasteiger partial charge is 0.304 e. The summed E-state index contributed by atoms with van der Waals surface area (Å²) in [6, 6.07) is 5.98. The van der Waals surface area contributed by atoms with Crippen molar-refractivity contribution >= 4 is 23.3 Å². The van der Waals surface area contributed by atoms with Gasteiger partial charge in [0.15, 0.2) is 11.6 Å². The van der Waals surface area contributed by atoms with Crippen molar-refractivity contribution in [3.05, 3.63) is 46.4 Å². The first-order valence-electron chi connectivity index (χ1n) is 5.22. The second-order valence-corrected chi connectivity index (χ2v) is 4.14. The minimum absolute atomic E-state index is 0.0781. The summed E-state index contributed by atoms with van der Waals surface area (Å²) in [7, 11) is 1.61. The summed E-state index contributed by atoms with van der Waals surface area (Å²) in [4.78, 5) is 11.9. The van der Waals surface area contributed by atoms with Crippen LogP contribution in [0, 0.1) is 17.1 Å². The van der Waals surface area contributed by atoms with Gasteiger partial charge in [0.2, 0.25) is 0 Å². The van der Waals surface area contributed by atoms with Crippen molar-refractivity contribution in [1.29, 1.82) is 5.26 Å². The second-order valence-electron chi connectivity index (χ2n) is 3.73. The van der Waals surface area contributed by atoms with Crippen molar-refractivity contribution in [2.45, 2.75) is 0 Å². The monoisotopic (exact) mass is 278 g/mol. The van der Waals surface area contributed by atoms with Crippen LogP contribution in [0.2, 0.25) is 5.02 Å². The fraction of sp³-hybridized carbons (Fsp3) is 0.0833. The number of anilines is 1. The number of hydrogen-bond acceptors (Lipinski definition) is 3. The molecule has 0 aliphatic carbocycles. The van der Waals surface area contributed by atoms with E-state index in [-0.39, 0.29) is 22.0 Å². The lowest BCUT2D eigenvalue weighted by molar-refractivity contribution is 0.102. The maximum Gasteiger partial charge on any atom is 0.259 e. The summed E-state index contributed by atoms with van der Waals surface area (Å²) >= 11 is 5.60. The van der Waals surface area contributed by atoms with Gasteiger partial charge in [-0.2, -0.15) is 10.4 Å². The topological polar surface area (TPSA) is 70.7 Å². The molecule has 5 nitrogen and oxygen atoms in total. The lowest BCUT2D eigenvalue weighted by atomic mass is 10.2. The molecular formula is C12H8ClFN4O. The van der Waals surface area contributed by atoms with Gasteiger partial charge in [-0.05, 0) is 12.1 Å². The number of benzene rings is 1. The van der Waals surface area contributed by atoms with E-state index in [1.165, 1.54) is 29.1 Å². The molecule has 0 saturated heterocycles. The smallest absolute Gasteiger partial charge is 0.259 e. The fourth-order valence-corrected chi connectivity index (χ4v) is 1.69. The SMILES string of the molecule is Cn1cc(C#N)c(NC(=O)c2cccc(Cl)c2F)n1. The Labute approximate surface area is 113 Å². The first-order chi connectivity index (χ1) is 9.02. The van der Waals surface area contributed by atoms with Gasteiger partial charge in [0.25, 0.3) is 5.91 Å². The molecule has 0 atom stereocenters. The van der Waals surface area contributed by atoms with Gasteiger partial charge in [-0.3, -0.25) is 9.48 Å². The lowest BCUT2D eigenvalue weighted by Crippen LogP contribution is -2.15. The van der Waals surface area contributed by atoms with Crippen LogP contribution in [0.1, 0.15) is 15.9 Å². The molecule has 0 spiro atoms. The highest BCUT2D eigenvalue weighted by molar-refractivity contribution is 6.31. The number of aromatic nitrogens is 2. The molecule has 0 saturated carbocycles. The molecule has 0 aliphatic rings. The van der Waals surface area contributed by atoms with Crippen LogP contribution in [0.5, 0.6) is 0 Å². The number of hydrogen-bond donors (Lipinski definition) is 1. The third kappa shape index (κ3) is 2.56. The summed E-state index contributed by atoms with van der Waals surface area (Å²) in [6.07, 6.45) is 1.45. The van der Waals surface area contributed by atoms with Gasteiger partial charge < -0.3 is 5.32 Å². The van der Waals surface area contributed by atoms with Gasteiger partial charge in [-0.1, -0.05) is 17.7 Å². The van der Waals surface area contributed by atoms with E-state index in [9.17, 15) is 9.18 Å². The number of nitrogens with zero attached hydrogens (tertiary/aromatic N) is 3. The first-order valence-corrected chi connectivity index (χ1v) is 5.60. The summed E-state index contributed by atoms with van der Waals surface area (Å²) in [6.45, 7) is 0.